The maximum Gasteiger partial charge on any atom is 0.175 e. The van der Waals surface area contributed by atoms with Crippen molar-refractivity contribution in [3.8, 4) is 5.75 Å². The van der Waals surface area contributed by atoms with E-state index < -0.39 is 0 Å². The first kappa shape index (κ1) is 16.4. The fraction of sp³-hybridized carbons (Fsp3) is 0.222. The smallest absolute Gasteiger partial charge is 0.175 e. The molecule has 0 aliphatic rings. The molecule has 1 atom stereocenters. The topological polar surface area (TPSA) is 34.4 Å². The Kier molecular flexibility index (Phi) is 5.87. The van der Waals surface area contributed by atoms with Crippen molar-refractivity contribution >= 4 is 23.4 Å². The summed E-state index contributed by atoms with van der Waals surface area (Å²) in [7, 11) is 1.95. The lowest BCUT2D eigenvalue weighted by atomic mass is 10.1. The average molecular weight is 318 g/mol. The van der Waals surface area contributed by atoms with Crippen LogP contribution in [0.25, 0.3) is 11.0 Å². The molecule has 1 N–H and O–H groups in total. The van der Waals surface area contributed by atoms with Gasteiger partial charge in [0.1, 0.15) is 6.10 Å². The third-order valence-electron chi connectivity index (χ3n) is 3.54. The molecule has 3 aromatic rings. The van der Waals surface area contributed by atoms with E-state index in [2.05, 4.69) is 17.4 Å². The quantitative estimate of drug-likeness (QED) is 0.722. The Hall–Kier alpha value is -1.97. The fourth-order valence-electron chi connectivity index (χ4n) is 2.45. The minimum atomic E-state index is 0. The minimum Gasteiger partial charge on any atom is -0.482 e. The van der Waals surface area contributed by atoms with E-state index in [1.165, 1.54) is 5.56 Å². The Morgan fingerprint density at radius 2 is 1.86 bits per heavy atom. The van der Waals surface area contributed by atoms with E-state index in [0.717, 1.165) is 29.7 Å². The van der Waals surface area contributed by atoms with Crippen molar-refractivity contribution in [1.29, 1.82) is 0 Å². The molecule has 22 heavy (non-hydrogen) atoms. The molecule has 0 aliphatic carbocycles. The van der Waals surface area contributed by atoms with Crippen molar-refractivity contribution in [2.75, 3.05) is 13.6 Å². The van der Waals surface area contributed by atoms with Gasteiger partial charge in [0.05, 0.1) is 6.26 Å². The van der Waals surface area contributed by atoms with Gasteiger partial charge in [0, 0.05) is 11.8 Å². The van der Waals surface area contributed by atoms with Gasteiger partial charge in [0.25, 0.3) is 0 Å². The van der Waals surface area contributed by atoms with Crippen LogP contribution in [-0.2, 0) is 0 Å². The summed E-state index contributed by atoms with van der Waals surface area (Å²) >= 11 is 0. The Bertz CT molecular complexity index is 696. The van der Waals surface area contributed by atoms with E-state index in [0.29, 0.717) is 0 Å². The Morgan fingerprint density at radius 1 is 1.05 bits per heavy atom. The van der Waals surface area contributed by atoms with Crippen molar-refractivity contribution in [2.24, 2.45) is 0 Å². The summed E-state index contributed by atoms with van der Waals surface area (Å²) in [5.74, 6) is 0.794. The number of furan rings is 1. The maximum absolute atomic E-state index is 6.24. The van der Waals surface area contributed by atoms with Gasteiger partial charge in [-0.15, -0.1) is 12.4 Å². The van der Waals surface area contributed by atoms with Gasteiger partial charge in [-0.3, -0.25) is 0 Å². The zero-order chi connectivity index (χ0) is 14.5. The van der Waals surface area contributed by atoms with Crippen LogP contribution >= 0.6 is 12.4 Å². The summed E-state index contributed by atoms with van der Waals surface area (Å²) in [6.07, 6.45) is 2.61. The van der Waals surface area contributed by atoms with Crippen LogP contribution in [0.2, 0.25) is 0 Å². The first-order valence-corrected chi connectivity index (χ1v) is 7.21. The predicted octanol–water partition coefficient (Wildman–Crippen LogP) is 4.58. The zero-order valence-corrected chi connectivity index (χ0v) is 13.3. The molecule has 1 aromatic heterocycles. The van der Waals surface area contributed by atoms with Crippen LogP contribution in [-0.4, -0.2) is 13.6 Å². The number of rotatable bonds is 6. The Balaban J connectivity index is 0.00000176. The number of benzene rings is 2. The number of nitrogens with one attached hydrogen (secondary N) is 1. The number of para-hydroxylation sites is 1. The fourth-order valence-corrected chi connectivity index (χ4v) is 2.45. The van der Waals surface area contributed by atoms with Crippen molar-refractivity contribution in [1.82, 2.24) is 5.32 Å². The van der Waals surface area contributed by atoms with Crippen molar-refractivity contribution in [2.45, 2.75) is 12.5 Å². The van der Waals surface area contributed by atoms with E-state index in [4.69, 9.17) is 9.15 Å². The molecule has 0 aliphatic heterocycles. The lowest BCUT2D eigenvalue weighted by Crippen LogP contribution is -2.16. The third-order valence-corrected chi connectivity index (χ3v) is 3.54. The molecule has 0 saturated heterocycles. The minimum absolute atomic E-state index is 0. The monoisotopic (exact) mass is 317 g/mol. The normalized spacial score (nSPS) is 11.9. The number of hydrogen-bond acceptors (Lipinski definition) is 3. The SMILES string of the molecule is CNCC[C@H](Oc1cccc2ccoc12)c1ccccc1.Cl. The molecule has 2 aromatic carbocycles. The van der Waals surface area contributed by atoms with E-state index in [-0.39, 0.29) is 18.5 Å². The van der Waals surface area contributed by atoms with Gasteiger partial charge in [0.15, 0.2) is 11.3 Å². The van der Waals surface area contributed by atoms with Crippen LogP contribution in [0.1, 0.15) is 18.1 Å². The van der Waals surface area contributed by atoms with Crippen molar-refractivity contribution in [3.05, 3.63) is 66.4 Å². The summed E-state index contributed by atoms with van der Waals surface area (Å²) < 4.78 is 11.8. The first-order valence-electron chi connectivity index (χ1n) is 7.21. The van der Waals surface area contributed by atoms with Gasteiger partial charge in [0.2, 0.25) is 0 Å². The van der Waals surface area contributed by atoms with Gasteiger partial charge in [-0.25, -0.2) is 0 Å². The molecule has 116 valence electrons. The molecule has 3 rings (SSSR count). The van der Waals surface area contributed by atoms with Crippen LogP contribution in [0.5, 0.6) is 5.75 Å². The molecule has 1 heterocycles. The van der Waals surface area contributed by atoms with Gasteiger partial charge >= 0.3 is 0 Å². The molecule has 0 spiro atoms. The summed E-state index contributed by atoms with van der Waals surface area (Å²) in [6, 6.07) is 18.2. The summed E-state index contributed by atoms with van der Waals surface area (Å²) in [5, 5.41) is 4.25. The van der Waals surface area contributed by atoms with Crippen LogP contribution in [0.3, 0.4) is 0 Å². The molecule has 0 saturated carbocycles. The van der Waals surface area contributed by atoms with Gasteiger partial charge in [-0.2, -0.15) is 0 Å². The lowest BCUT2D eigenvalue weighted by Gasteiger charge is -2.19. The molecule has 0 bridgehead atoms. The molecule has 3 nitrogen and oxygen atoms in total. The third kappa shape index (κ3) is 3.62. The largest absolute Gasteiger partial charge is 0.482 e. The predicted molar refractivity (Wildman–Crippen MR) is 91.8 cm³/mol. The molecule has 4 heteroatoms. The number of ether oxygens (including phenoxy) is 1. The van der Waals surface area contributed by atoms with E-state index in [9.17, 15) is 0 Å². The van der Waals surface area contributed by atoms with Gasteiger partial charge in [-0.1, -0.05) is 42.5 Å². The van der Waals surface area contributed by atoms with Crippen LogP contribution < -0.4 is 10.1 Å². The van der Waals surface area contributed by atoms with Gasteiger partial charge in [-0.05, 0) is 31.3 Å². The summed E-state index contributed by atoms with van der Waals surface area (Å²) in [6.45, 7) is 0.897. The second kappa shape index (κ2) is 7.87. The van der Waals surface area contributed by atoms with Gasteiger partial charge < -0.3 is 14.5 Å². The standard InChI is InChI=1S/C18H19NO2.ClH/c1-19-12-10-16(14-6-3-2-4-7-14)21-17-9-5-8-15-11-13-20-18(15)17;/h2-9,11,13,16,19H,10,12H2,1H3;1H/t16-;/m0./s1. The molecule has 0 radical (unpaired) electrons. The molecular weight excluding hydrogens is 298 g/mol. The number of halogens is 1. The average Bonchev–Trinajstić information content (AvgIpc) is 3.01. The summed E-state index contributed by atoms with van der Waals surface area (Å²) in [4.78, 5) is 0. The first-order chi connectivity index (χ1) is 10.4. The number of fused-ring (bicyclic) bond motifs is 1. The van der Waals surface area contributed by atoms with Crippen molar-refractivity contribution < 1.29 is 9.15 Å². The van der Waals surface area contributed by atoms with Crippen molar-refractivity contribution in [3.63, 3.8) is 0 Å². The Morgan fingerprint density at radius 3 is 2.64 bits per heavy atom. The highest BCUT2D eigenvalue weighted by molar-refractivity contribution is 5.85. The zero-order valence-electron chi connectivity index (χ0n) is 12.5. The van der Waals surface area contributed by atoms with E-state index >= 15 is 0 Å². The lowest BCUT2D eigenvalue weighted by molar-refractivity contribution is 0.195. The van der Waals surface area contributed by atoms with Crippen LogP contribution in [0, 0.1) is 0 Å². The highest BCUT2D eigenvalue weighted by Gasteiger charge is 2.15. The second-order valence-corrected chi connectivity index (χ2v) is 5.00. The summed E-state index contributed by atoms with van der Waals surface area (Å²) in [5.41, 5.74) is 1.99. The maximum atomic E-state index is 6.24. The number of hydrogen-bond donors (Lipinski definition) is 1. The highest BCUT2D eigenvalue weighted by atomic mass is 35.5. The van der Waals surface area contributed by atoms with Crippen LogP contribution in [0.15, 0.2) is 65.3 Å². The van der Waals surface area contributed by atoms with E-state index in [1.54, 1.807) is 6.26 Å². The molecule has 0 amide bonds. The highest BCUT2D eigenvalue weighted by Crippen LogP contribution is 2.31. The molecular formula is C18H20ClNO2. The molecule has 0 unspecified atom stereocenters. The van der Waals surface area contributed by atoms with Crippen LogP contribution in [0.4, 0.5) is 0 Å². The Labute approximate surface area is 136 Å². The second-order valence-electron chi connectivity index (χ2n) is 5.00. The van der Waals surface area contributed by atoms with E-state index in [1.807, 2.05) is 49.5 Å². The molecule has 0 fully saturated rings.